The zero-order valence-electron chi connectivity index (χ0n) is 77.8. The lowest BCUT2D eigenvalue weighted by Gasteiger charge is -2.26. The van der Waals surface area contributed by atoms with Gasteiger partial charge in [-0.3, -0.25) is 66.1 Å². The maximum Gasteiger partial charge on any atom is 0.337 e. The Morgan fingerprint density at radius 2 is 0.993 bits per heavy atom. The number of carbonyl (C=O) groups excluding carboxylic acids is 3. The number of aliphatic hydroxyl groups is 2. The molecule has 4 atom stereocenters. The SMILES string of the molecule is CN(C)C=NC1=CC(=O)CC(=O)N1c1ccc(I)cc1F.CN(C)C=Nc1cc(=O)n(C[C@@H]2COC(C)(C)O2)c(=O)n1-c1ccc(I)cc1F.CNc1cc(=O)n(C[C@@H]2COC(C)(C)O2)c(=O)n1-c1ccc(I)cc1F.Cc1c(F)cccc1Oc1cc(=O)n(C)c(Nc2ccc(I)cc2F)c1C(=O)NC[C@@H](O)CO.Cn1c(=O)cc(O)c2c(=O)n(C[C@@H]3COC(C)(C)O3)c(=O)n(-c3ccc(I)cc3F)c21. The van der Waals surface area contributed by atoms with Crippen molar-refractivity contribution < 1.29 is 89.2 Å². The number of pyridine rings is 2. The number of halogens is 11. The van der Waals surface area contributed by atoms with Gasteiger partial charge in [0.2, 0.25) is 5.91 Å². The van der Waals surface area contributed by atoms with E-state index in [2.05, 4.69) is 25.9 Å². The number of benzene rings is 6. The van der Waals surface area contributed by atoms with Gasteiger partial charge in [0.25, 0.3) is 33.7 Å². The summed E-state index contributed by atoms with van der Waals surface area (Å²) in [6.45, 7) is 11.5. The molecule has 3 fully saturated rings. The van der Waals surface area contributed by atoms with Crippen LogP contribution in [0.4, 0.5) is 55.2 Å². The zero-order chi connectivity index (χ0) is 104. The molecule has 0 unspecified atom stereocenters. The predicted molar refractivity (Wildman–Crippen MR) is 555 cm³/mol. The number of hydrogen-bond acceptors (Lipinski definition) is 25. The minimum absolute atomic E-state index is 0.000977. The maximum atomic E-state index is 14.9. The predicted octanol–water partition coefficient (Wildman–Crippen LogP) is 10.9. The molecular formula is C93H95F6I5N16O21. The van der Waals surface area contributed by atoms with E-state index >= 15 is 0 Å². The van der Waals surface area contributed by atoms with Crippen LogP contribution in [0.5, 0.6) is 17.2 Å². The minimum Gasteiger partial charge on any atom is -0.507 e. The highest BCUT2D eigenvalue weighted by Gasteiger charge is 2.39. The van der Waals surface area contributed by atoms with Gasteiger partial charge < -0.3 is 74.2 Å². The molecule has 0 bridgehead atoms. The van der Waals surface area contributed by atoms with E-state index in [0.29, 0.717) is 14.3 Å². The van der Waals surface area contributed by atoms with Crippen LogP contribution in [0.2, 0.25) is 0 Å². The van der Waals surface area contributed by atoms with Crippen molar-refractivity contribution in [2.45, 2.75) is 116 Å². The number of fused-ring (bicyclic) bond motifs is 1. The molecule has 9 heterocycles. The van der Waals surface area contributed by atoms with Crippen LogP contribution in [0.3, 0.4) is 0 Å². The van der Waals surface area contributed by atoms with Crippen LogP contribution in [0.1, 0.15) is 63.9 Å². The molecule has 48 heteroatoms. The standard InChI is InChI=1S/C23H22F2IN3O5.C20H19FIN3O6.C19H22FIN4O4.C17H19FIN3O4.C14H13FIN3O2/c1-12-15(24)4-3-5-18(12)34-19-9-20(32)29(2)22(21(19)23(33)27-10-14(31)11-30)28-17-7-6-13(26)8-16(17)25;1-20(2)30-9-11(31-20)8-24-18(28)16-14(26)7-15(27)23(3)17(16)25(19(24)29)13-5-4-10(22)6-12(13)21;1-19(2)28-10-13(29-19)9-24-17(26)8-16(22-11-23(3)4)25(18(24)27)15-6-5-12(21)7-14(15)20;1-17(2)25-9-11(26-17)8-21-15(23)7-14(20-3)22(16(21)24)13-5-4-10(19)6-12(13)18;1-18(2)8-17-13-6-10(20)7-14(21)19(13)12-4-3-9(16)5-11(12)15/h3-9,14,28,30-31H,10-11H2,1-2H3,(H,27,33);4-7,11,26H,8-9H2,1-3H3;5-8,11,13H,9-10H2,1-4H3;4-7,11,20H,8-9H2,1-3H3;3-6,8H,7H2,1-2H3/t14-;11-;13-;11-;/m1111./s1. The molecule has 15 rings (SSSR count). The molecular weight excluding hydrogens is 2430 g/mol. The third-order valence-electron chi connectivity index (χ3n) is 21.0. The molecule has 0 spiro atoms. The Morgan fingerprint density at radius 1 is 0.546 bits per heavy atom. The molecule has 4 aliphatic rings. The van der Waals surface area contributed by atoms with Gasteiger partial charge in [-0.1, -0.05) is 6.07 Å². The van der Waals surface area contributed by atoms with Crippen LogP contribution in [0.25, 0.3) is 28.1 Å². The normalized spacial score (nSPS) is 16.4. The Labute approximate surface area is 867 Å². The molecule has 750 valence electrons. The third kappa shape index (κ3) is 27.3. The molecule has 6 aromatic carbocycles. The second kappa shape index (κ2) is 47.0. The van der Waals surface area contributed by atoms with E-state index in [-0.39, 0.29) is 144 Å². The third-order valence-corrected chi connectivity index (χ3v) is 24.3. The van der Waals surface area contributed by atoms with Gasteiger partial charge in [-0.25, -0.2) is 64.4 Å². The van der Waals surface area contributed by atoms with Crippen molar-refractivity contribution in [2.75, 3.05) is 83.7 Å². The molecule has 37 nitrogen and oxygen atoms in total. The number of anilines is 4. The van der Waals surface area contributed by atoms with Crippen LogP contribution in [-0.4, -0.2) is 202 Å². The van der Waals surface area contributed by atoms with Gasteiger partial charge in [-0.15, -0.1) is 0 Å². The maximum absolute atomic E-state index is 14.9. The second-order valence-electron chi connectivity index (χ2n) is 33.5. The Bertz CT molecular complexity index is 7280. The van der Waals surface area contributed by atoms with E-state index in [0.717, 1.165) is 57.1 Å². The summed E-state index contributed by atoms with van der Waals surface area (Å²) < 4.78 is 138. The molecule has 0 radical (unpaired) electrons. The van der Waals surface area contributed by atoms with Crippen molar-refractivity contribution in [1.29, 1.82) is 0 Å². The van der Waals surface area contributed by atoms with Crippen LogP contribution >= 0.6 is 113 Å². The molecule has 0 saturated carbocycles. The summed E-state index contributed by atoms with van der Waals surface area (Å²) in [6.07, 6.45) is 1.11. The number of aryl methyl sites for hydroxylation is 1. The van der Waals surface area contributed by atoms with E-state index in [4.69, 9.17) is 38.3 Å². The Hall–Kier alpha value is -11.1. The largest absolute Gasteiger partial charge is 0.507 e. The van der Waals surface area contributed by atoms with Crippen molar-refractivity contribution in [3.05, 3.63) is 292 Å². The summed E-state index contributed by atoms with van der Waals surface area (Å²) in [6, 6.07) is 30.6. The summed E-state index contributed by atoms with van der Waals surface area (Å²) in [4.78, 5) is 152. The molecule has 0 aliphatic carbocycles. The first-order chi connectivity index (χ1) is 66.3. The quantitative estimate of drug-likeness (QED) is 0.0114. The number of ether oxygens (including phenoxy) is 7. The van der Waals surface area contributed by atoms with Gasteiger partial charge in [0.05, 0.1) is 99.7 Å². The zero-order valence-corrected chi connectivity index (χ0v) is 88.6. The summed E-state index contributed by atoms with van der Waals surface area (Å²) in [7, 11) is 11.3. The number of aliphatic hydroxyl groups excluding tert-OH is 2. The minimum atomic E-state index is -1.23. The fourth-order valence-corrected chi connectivity index (χ4v) is 16.6. The smallest absolute Gasteiger partial charge is 0.337 e. The fourth-order valence-electron chi connectivity index (χ4n) is 14.3. The first-order valence-electron chi connectivity index (χ1n) is 42.5. The Morgan fingerprint density at radius 3 is 1.47 bits per heavy atom. The average molecular weight is 2520 g/mol. The molecule has 4 aliphatic heterocycles. The van der Waals surface area contributed by atoms with E-state index in [1.54, 1.807) is 117 Å². The van der Waals surface area contributed by atoms with Crippen LogP contribution in [-0.2, 0) is 71.7 Å². The summed E-state index contributed by atoms with van der Waals surface area (Å²) >= 11 is 9.82. The lowest BCUT2D eigenvalue weighted by atomic mass is 10.1. The number of aromatic nitrogens is 8. The lowest BCUT2D eigenvalue weighted by molar-refractivity contribution is -0.140. The van der Waals surface area contributed by atoms with E-state index in [1.807, 2.05) is 113 Å². The number of ketones is 1. The van der Waals surface area contributed by atoms with Crippen LogP contribution < -0.4 is 70.5 Å². The van der Waals surface area contributed by atoms with E-state index < -0.39 is 146 Å². The summed E-state index contributed by atoms with van der Waals surface area (Å²) in [5, 5.41) is 36.8. The highest BCUT2D eigenvalue weighted by Crippen LogP contribution is 2.37. The molecule has 3 saturated heterocycles. The first kappa shape index (κ1) is 110. The summed E-state index contributed by atoms with van der Waals surface area (Å²) in [5.74, 6) is -8.06. The Balaban J connectivity index is 0.000000170. The van der Waals surface area contributed by atoms with Crippen molar-refractivity contribution >= 4 is 183 Å². The Kier molecular flexibility index (Phi) is 36.7. The molecule has 6 N–H and O–H groups in total. The van der Waals surface area contributed by atoms with Crippen molar-refractivity contribution in [3.8, 4) is 34.3 Å². The number of rotatable bonds is 23. The molecule has 141 heavy (non-hydrogen) atoms. The number of hydrogen-bond donors (Lipinski definition) is 6. The van der Waals surface area contributed by atoms with Gasteiger partial charge in [0.15, 0.2) is 23.1 Å². The number of nitrogens with zero attached hydrogens (tertiary/aromatic N) is 13. The van der Waals surface area contributed by atoms with Gasteiger partial charge >= 0.3 is 17.1 Å². The first-order valence-corrected chi connectivity index (χ1v) is 47.9. The topological polar surface area (TPSA) is 423 Å². The number of carbonyl (C=O) groups is 3. The van der Waals surface area contributed by atoms with E-state index in [9.17, 15) is 89.3 Å². The number of aromatic hydroxyl groups is 1. The van der Waals surface area contributed by atoms with Gasteiger partial charge in [-0.2, -0.15) is 0 Å². The number of aliphatic imine (C=N–C) groups is 2. The molecule has 2 amide bonds. The molecule has 11 aromatic rings. The highest BCUT2D eigenvalue weighted by molar-refractivity contribution is 14.1. The number of amides is 2. The monoisotopic (exact) mass is 2520 g/mol. The molecule has 5 aromatic heterocycles. The van der Waals surface area contributed by atoms with Crippen molar-refractivity contribution in [3.63, 3.8) is 0 Å². The average Bonchev–Trinajstić information content (AvgIpc) is 1.46. The number of nitrogens with one attached hydrogen (secondary N) is 3. The van der Waals surface area contributed by atoms with Crippen molar-refractivity contribution in [2.24, 2.45) is 24.1 Å². The fraction of sp³-hybridized carbons (Fsp3) is 0.323. The second-order valence-corrected chi connectivity index (χ2v) is 39.7. The van der Waals surface area contributed by atoms with Gasteiger partial charge in [0, 0.05) is 110 Å². The van der Waals surface area contributed by atoms with E-state index in [1.165, 1.54) is 131 Å². The van der Waals surface area contributed by atoms with Crippen molar-refractivity contribution in [1.82, 2.24) is 51.7 Å². The number of allylic oxidation sites excluding steroid dienone is 1. The summed E-state index contributed by atoms with van der Waals surface area (Å²) in [5.41, 5.74) is -5.52. The lowest BCUT2D eigenvalue weighted by Crippen LogP contribution is -2.44. The highest BCUT2D eigenvalue weighted by atomic mass is 127. The van der Waals surface area contributed by atoms with Crippen LogP contribution in [0.15, 0.2) is 194 Å². The van der Waals surface area contributed by atoms with Gasteiger partial charge in [0.1, 0.15) is 110 Å². The van der Waals surface area contributed by atoms with Gasteiger partial charge in [-0.05, 0) is 265 Å². The van der Waals surface area contributed by atoms with Crippen LogP contribution in [0, 0.1) is 59.7 Å².